The van der Waals surface area contributed by atoms with E-state index in [0.717, 1.165) is 16.1 Å². The fourth-order valence-electron chi connectivity index (χ4n) is 2.70. The van der Waals surface area contributed by atoms with Crippen LogP contribution in [-0.4, -0.2) is 28.3 Å². The third-order valence-electron chi connectivity index (χ3n) is 3.96. The Morgan fingerprint density at radius 3 is 2.81 bits per heavy atom. The average Bonchev–Trinajstić information content (AvgIpc) is 3.09. The molecule has 0 radical (unpaired) electrons. The predicted molar refractivity (Wildman–Crippen MR) is 111 cm³/mol. The van der Waals surface area contributed by atoms with Crippen molar-refractivity contribution in [2.45, 2.75) is 32.0 Å². The van der Waals surface area contributed by atoms with Crippen molar-refractivity contribution in [3.05, 3.63) is 45.6 Å². The van der Waals surface area contributed by atoms with Gasteiger partial charge in [-0.1, -0.05) is 30.8 Å². The van der Waals surface area contributed by atoms with Gasteiger partial charge in [-0.05, 0) is 37.8 Å². The van der Waals surface area contributed by atoms with E-state index < -0.39 is 0 Å². The number of hydrogen-bond acceptors (Lipinski definition) is 6. The minimum atomic E-state index is -0.299. The summed E-state index contributed by atoms with van der Waals surface area (Å²) >= 11 is 2.88. The molecule has 0 saturated carbocycles. The van der Waals surface area contributed by atoms with Crippen molar-refractivity contribution in [2.75, 3.05) is 18.2 Å². The molecule has 3 aromatic rings. The van der Waals surface area contributed by atoms with Gasteiger partial charge in [0.15, 0.2) is 5.16 Å². The molecule has 0 spiro atoms. The summed E-state index contributed by atoms with van der Waals surface area (Å²) in [5.41, 5.74) is 0.398. The standard InChI is InChI=1S/C19H21N3O3S2/c1-4-12-10-13-17(27-12)21-19(26-3)22(18(13)24)11-16(23)20-14-8-6-7-9-15(14)25-5-2/h6-10H,4-5,11H2,1-3H3,(H,20,23). The van der Waals surface area contributed by atoms with Crippen molar-refractivity contribution in [3.63, 3.8) is 0 Å². The quantitative estimate of drug-likeness (QED) is 0.480. The Morgan fingerprint density at radius 1 is 1.33 bits per heavy atom. The second kappa shape index (κ2) is 8.58. The maximum Gasteiger partial charge on any atom is 0.263 e. The van der Waals surface area contributed by atoms with E-state index in [0.29, 0.717) is 28.6 Å². The molecule has 3 rings (SSSR count). The van der Waals surface area contributed by atoms with E-state index in [4.69, 9.17) is 4.74 Å². The number of nitrogens with zero attached hydrogens (tertiary/aromatic N) is 2. The topological polar surface area (TPSA) is 73.2 Å². The first-order valence-electron chi connectivity index (χ1n) is 8.66. The highest BCUT2D eigenvalue weighted by Crippen LogP contribution is 2.25. The first kappa shape index (κ1) is 19.4. The van der Waals surface area contributed by atoms with E-state index in [1.54, 1.807) is 12.1 Å². The van der Waals surface area contributed by atoms with Crippen LogP contribution in [-0.2, 0) is 17.8 Å². The van der Waals surface area contributed by atoms with Gasteiger partial charge in [-0.2, -0.15) is 0 Å². The molecule has 0 aliphatic rings. The first-order chi connectivity index (χ1) is 13.1. The van der Waals surface area contributed by atoms with Crippen LogP contribution in [0.5, 0.6) is 5.75 Å². The minimum absolute atomic E-state index is 0.101. The Balaban J connectivity index is 1.90. The van der Waals surface area contributed by atoms with Crippen LogP contribution in [0.4, 0.5) is 5.69 Å². The van der Waals surface area contributed by atoms with Crippen molar-refractivity contribution in [1.29, 1.82) is 0 Å². The van der Waals surface area contributed by atoms with Crippen LogP contribution >= 0.6 is 23.1 Å². The molecule has 1 N–H and O–H groups in total. The summed E-state index contributed by atoms with van der Waals surface area (Å²) in [4.78, 5) is 31.9. The highest BCUT2D eigenvalue weighted by Gasteiger charge is 2.16. The SMILES string of the molecule is CCOc1ccccc1NC(=O)Cn1c(SC)nc2sc(CC)cc2c1=O. The van der Waals surface area contributed by atoms with Gasteiger partial charge in [0.05, 0.1) is 17.7 Å². The van der Waals surface area contributed by atoms with E-state index >= 15 is 0 Å². The minimum Gasteiger partial charge on any atom is -0.492 e. The van der Waals surface area contributed by atoms with Crippen LogP contribution in [0.25, 0.3) is 10.2 Å². The van der Waals surface area contributed by atoms with E-state index in [2.05, 4.69) is 10.3 Å². The molecule has 27 heavy (non-hydrogen) atoms. The third kappa shape index (κ3) is 4.17. The lowest BCUT2D eigenvalue weighted by Crippen LogP contribution is -2.29. The number of nitrogens with one attached hydrogen (secondary N) is 1. The largest absolute Gasteiger partial charge is 0.492 e. The zero-order valence-electron chi connectivity index (χ0n) is 15.4. The summed E-state index contributed by atoms with van der Waals surface area (Å²) in [6.07, 6.45) is 2.70. The van der Waals surface area contributed by atoms with Crippen molar-refractivity contribution in [3.8, 4) is 5.75 Å². The fraction of sp³-hybridized carbons (Fsp3) is 0.316. The van der Waals surface area contributed by atoms with Crippen molar-refractivity contribution in [2.24, 2.45) is 0 Å². The monoisotopic (exact) mass is 403 g/mol. The molecule has 0 atom stereocenters. The molecule has 142 valence electrons. The van der Waals surface area contributed by atoms with Crippen LogP contribution in [0.15, 0.2) is 40.3 Å². The molecule has 6 nitrogen and oxygen atoms in total. The number of thioether (sulfide) groups is 1. The Hall–Kier alpha value is -2.32. The molecular weight excluding hydrogens is 382 g/mol. The molecule has 0 aliphatic heterocycles. The molecule has 2 aromatic heterocycles. The number of carbonyl (C=O) groups excluding carboxylic acids is 1. The average molecular weight is 404 g/mol. The van der Waals surface area contributed by atoms with Crippen LogP contribution < -0.4 is 15.6 Å². The van der Waals surface area contributed by atoms with E-state index in [9.17, 15) is 9.59 Å². The molecule has 0 aliphatic carbocycles. The molecule has 0 saturated heterocycles. The highest BCUT2D eigenvalue weighted by atomic mass is 32.2. The number of rotatable bonds is 7. The number of amides is 1. The zero-order chi connectivity index (χ0) is 19.4. The molecular formula is C19H21N3O3S2. The summed E-state index contributed by atoms with van der Waals surface area (Å²) in [5, 5.41) is 3.93. The van der Waals surface area contributed by atoms with Crippen LogP contribution in [0.3, 0.4) is 0 Å². The van der Waals surface area contributed by atoms with E-state index in [1.807, 2.05) is 38.3 Å². The van der Waals surface area contributed by atoms with Crippen molar-refractivity contribution < 1.29 is 9.53 Å². The Labute approximate surface area is 165 Å². The van der Waals surface area contributed by atoms with Gasteiger partial charge < -0.3 is 10.1 Å². The number of hydrogen-bond donors (Lipinski definition) is 1. The number of anilines is 1. The van der Waals surface area contributed by atoms with Crippen molar-refractivity contribution in [1.82, 2.24) is 9.55 Å². The number of carbonyl (C=O) groups is 1. The summed E-state index contributed by atoms with van der Waals surface area (Å²) in [7, 11) is 0. The van der Waals surface area contributed by atoms with E-state index in [1.165, 1.54) is 27.7 Å². The number of aromatic nitrogens is 2. The molecule has 1 aromatic carbocycles. The number of thiophene rings is 1. The fourth-order valence-corrected chi connectivity index (χ4v) is 4.27. The second-order valence-corrected chi connectivity index (χ2v) is 7.64. The summed E-state index contributed by atoms with van der Waals surface area (Å²) in [5.74, 6) is 0.302. The number of fused-ring (bicyclic) bond motifs is 1. The Kier molecular flexibility index (Phi) is 6.18. The lowest BCUT2D eigenvalue weighted by molar-refractivity contribution is -0.116. The van der Waals surface area contributed by atoms with Crippen LogP contribution in [0.1, 0.15) is 18.7 Å². The molecule has 0 bridgehead atoms. The summed E-state index contributed by atoms with van der Waals surface area (Å²) < 4.78 is 6.96. The third-order valence-corrected chi connectivity index (χ3v) is 5.81. The Bertz CT molecular complexity index is 1030. The van der Waals surface area contributed by atoms with E-state index in [-0.39, 0.29) is 18.0 Å². The van der Waals surface area contributed by atoms with Crippen LogP contribution in [0, 0.1) is 0 Å². The number of benzene rings is 1. The number of ether oxygens (including phenoxy) is 1. The maximum absolute atomic E-state index is 12.9. The Morgan fingerprint density at radius 2 is 2.11 bits per heavy atom. The number of para-hydroxylation sites is 2. The maximum atomic E-state index is 12.9. The normalized spacial score (nSPS) is 10.9. The molecule has 2 heterocycles. The summed E-state index contributed by atoms with van der Waals surface area (Å²) in [6, 6.07) is 9.11. The molecule has 8 heteroatoms. The van der Waals surface area contributed by atoms with Crippen LogP contribution in [0.2, 0.25) is 0 Å². The van der Waals surface area contributed by atoms with Gasteiger partial charge in [0, 0.05) is 4.88 Å². The lowest BCUT2D eigenvalue weighted by atomic mass is 10.3. The number of aryl methyl sites for hydroxylation is 1. The second-order valence-electron chi connectivity index (χ2n) is 5.75. The zero-order valence-corrected chi connectivity index (χ0v) is 17.1. The van der Waals surface area contributed by atoms with Gasteiger partial charge in [-0.15, -0.1) is 11.3 Å². The lowest BCUT2D eigenvalue weighted by Gasteiger charge is -2.13. The van der Waals surface area contributed by atoms with Gasteiger partial charge in [-0.25, -0.2) is 4.98 Å². The molecule has 1 amide bonds. The van der Waals surface area contributed by atoms with Crippen molar-refractivity contribution >= 4 is 44.9 Å². The first-order valence-corrected chi connectivity index (χ1v) is 10.7. The van der Waals surface area contributed by atoms with Gasteiger partial charge in [0.1, 0.15) is 17.1 Å². The predicted octanol–water partition coefficient (Wildman–Crippen LogP) is 3.78. The highest BCUT2D eigenvalue weighted by molar-refractivity contribution is 7.98. The summed E-state index contributed by atoms with van der Waals surface area (Å²) in [6.45, 7) is 4.33. The molecule has 0 unspecified atom stereocenters. The van der Waals surface area contributed by atoms with Gasteiger partial charge in [-0.3, -0.25) is 14.2 Å². The van der Waals surface area contributed by atoms with Gasteiger partial charge in [0.2, 0.25) is 5.91 Å². The van der Waals surface area contributed by atoms with Gasteiger partial charge in [0.25, 0.3) is 5.56 Å². The molecule has 0 fully saturated rings. The van der Waals surface area contributed by atoms with Gasteiger partial charge >= 0.3 is 0 Å². The smallest absolute Gasteiger partial charge is 0.263 e.